The normalized spacial score (nSPS) is 11.3. The number of carbonyl (C=O) groups is 2. The van der Waals surface area contributed by atoms with Gasteiger partial charge in [-0.3, -0.25) is 4.79 Å². The molecule has 2 N–H and O–H groups in total. The van der Waals surface area contributed by atoms with Crippen molar-refractivity contribution >= 4 is 23.6 Å². The van der Waals surface area contributed by atoms with Crippen LogP contribution in [0.1, 0.15) is 0 Å². The number of nitriles is 1. The Balaban J connectivity index is 3.92. The van der Waals surface area contributed by atoms with Crippen LogP contribution in [0.3, 0.4) is 0 Å². The van der Waals surface area contributed by atoms with Gasteiger partial charge in [-0.25, -0.2) is 4.79 Å². The molecular weight excluding hydrogens is 220 g/mol. The third-order valence-corrected chi connectivity index (χ3v) is 2.20. The number of nitrogens with one attached hydrogen (secondary N) is 1. The molecule has 0 aromatic heterocycles. The fraction of sp³-hybridized carbons (Fsp3) is 0.625. The number of esters is 1. The first-order valence-corrected chi connectivity index (χ1v) is 5.24. The van der Waals surface area contributed by atoms with Crippen molar-refractivity contribution < 1.29 is 19.4 Å². The third-order valence-electron chi connectivity index (χ3n) is 1.40. The molecule has 84 valence electrons. The Morgan fingerprint density at radius 1 is 1.67 bits per heavy atom. The zero-order valence-electron chi connectivity index (χ0n) is 8.23. The van der Waals surface area contributed by atoms with E-state index < -0.39 is 24.5 Å². The van der Waals surface area contributed by atoms with Crippen molar-refractivity contribution in [1.82, 2.24) is 5.32 Å². The van der Waals surface area contributed by atoms with Gasteiger partial charge >= 0.3 is 5.97 Å². The van der Waals surface area contributed by atoms with Crippen LogP contribution in [0.5, 0.6) is 0 Å². The summed E-state index contributed by atoms with van der Waals surface area (Å²) in [5.41, 5.74) is 0. The van der Waals surface area contributed by atoms with E-state index in [0.717, 1.165) is 11.8 Å². The number of thioether (sulfide) groups is 1. The van der Waals surface area contributed by atoms with E-state index in [1.54, 1.807) is 0 Å². The number of methoxy groups -OCH3 is 1. The minimum atomic E-state index is -1.04. The summed E-state index contributed by atoms with van der Waals surface area (Å²) in [7, 11) is 1.17. The van der Waals surface area contributed by atoms with Crippen LogP contribution in [0.15, 0.2) is 0 Å². The Hall–Kier alpha value is -1.26. The maximum atomic E-state index is 11.1. The van der Waals surface area contributed by atoms with E-state index in [1.807, 2.05) is 6.07 Å². The Labute approximate surface area is 91.6 Å². The maximum Gasteiger partial charge on any atom is 0.330 e. The van der Waals surface area contributed by atoms with Gasteiger partial charge in [0.1, 0.15) is 0 Å². The number of ether oxygens (including phenoxy) is 1. The van der Waals surface area contributed by atoms with E-state index in [1.165, 1.54) is 7.11 Å². The van der Waals surface area contributed by atoms with Crippen LogP contribution in [-0.4, -0.2) is 48.2 Å². The highest BCUT2D eigenvalue weighted by molar-refractivity contribution is 8.00. The predicted molar refractivity (Wildman–Crippen MR) is 54.0 cm³/mol. The van der Waals surface area contributed by atoms with Crippen molar-refractivity contribution in [3.05, 3.63) is 0 Å². The topological polar surface area (TPSA) is 99.4 Å². The fourth-order valence-electron chi connectivity index (χ4n) is 0.747. The summed E-state index contributed by atoms with van der Waals surface area (Å²) >= 11 is 1.13. The highest BCUT2D eigenvalue weighted by Crippen LogP contribution is 1.97. The van der Waals surface area contributed by atoms with Gasteiger partial charge in [-0.1, -0.05) is 0 Å². The highest BCUT2D eigenvalue weighted by atomic mass is 32.2. The van der Waals surface area contributed by atoms with Crippen molar-refractivity contribution in [2.45, 2.75) is 6.04 Å². The zero-order chi connectivity index (χ0) is 11.7. The van der Waals surface area contributed by atoms with E-state index in [4.69, 9.17) is 10.4 Å². The molecule has 0 fully saturated rings. The van der Waals surface area contributed by atoms with Crippen LogP contribution in [0.2, 0.25) is 0 Å². The molecule has 6 nitrogen and oxygen atoms in total. The summed E-state index contributed by atoms with van der Waals surface area (Å²) < 4.78 is 4.36. The van der Waals surface area contributed by atoms with E-state index in [0.29, 0.717) is 0 Å². The molecule has 1 amide bonds. The van der Waals surface area contributed by atoms with Crippen molar-refractivity contribution in [3.8, 4) is 6.07 Å². The summed E-state index contributed by atoms with van der Waals surface area (Å²) in [6.45, 7) is -0.513. The van der Waals surface area contributed by atoms with Crippen LogP contribution in [0.25, 0.3) is 0 Å². The number of rotatable bonds is 6. The van der Waals surface area contributed by atoms with Crippen LogP contribution in [0, 0.1) is 11.3 Å². The second kappa shape index (κ2) is 8.08. The van der Waals surface area contributed by atoms with Gasteiger partial charge in [0.15, 0.2) is 6.04 Å². The quantitative estimate of drug-likeness (QED) is 0.445. The van der Waals surface area contributed by atoms with Gasteiger partial charge in [0.2, 0.25) is 5.91 Å². The Bertz CT molecular complexity index is 264. The molecule has 0 bridgehead atoms. The summed E-state index contributed by atoms with van der Waals surface area (Å²) in [6.07, 6.45) is 0. The molecule has 0 radical (unpaired) electrons. The molecule has 15 heavy (non-hydrogen) atoms. The summed E-state index contributed by atoms with van der Waals surface area (Å²) in [4.78, 5) is 22.1. The molecule has 0 aromatic carbocycles. The van der Waals surface area contributed by atoms with Crippen molar-refractivity contribution in [2.24, 2.45) is 0 Å². The third kappa shape index (κ3) is 5.93. The van der Waals surface area contributed by atoms with Crippen molar-refractivity contribution in [1.29, 1.82) is 5.26 Å². The molecule has 7 heteroatoms. The van der Waals surface area contributed by atoms with Gasteiger partial charge in [-0.15, -0.1) is 11.8 Å². The molecule has 0 aliphatic carbocycles. The first-order valence-electron chi connectivity index (χ1n) is 4.08. The summed E-state index contributed by atoms with van der Waals surface area (Å²) in [5.74, 6) is -0.841. The fourth-order valence-corrected chi connectivity index (χ4v) is 1.21. The molecular formula is C8H12N2O4S. The molecule has 1 unspecified atom stereocenters. The minimum absolute atomic E-state index is 0.0705. The largest absolute Gasteiger partial charge is 0.467 e. The summed E-state index contributed by atoms with van der Waals surface area (Å²) in [5, 5.41) is 19.3. The van der Waals surface area contributed by atoms with Gasteiger partial charge in [0, 0.05) is 0 Å². The van der Waals surface area contributed by atoms with Crippen LogP contribution < -0.4 is 5.32 Å². The molecule has 0 aromatic rings. The molecule has 0 saturated carbocycles. The highest BCUT2D eigenvalue weighted by Gasteiger charge is 2.19. The van der Waals surface area contributed by atoms with E-state index in [-0.39, 0.29) is 11.5 Å². The molecule has 0 heterocycles. The Morgan fingerprint density at radius 3 is 2.80 bits per heavy atom. The molecule has 1 atom stereocenters. The first kappa shape index (κ1) is 13.7. The van der Waals surface area contributed by atoms with Gasteiger partial charge in [0.25, 0.3) is 0 Å². The maximum absolute atomic E-state index is 11.1. The molecule has 0 aliphatic rings. The SMILES string of the molecule is COC(=O)C(CO)NC(=O)CSCC#N. The lowest BCUT2D eigenvalue weighted by Crippen LogP contribution is -2.44. The average Bonchev–Trinajstić information content (AvgIpc) is 2.25. The summed E-state index contributed by atoms with van der Waals surface area (Å²) in [6, 6.07) is 0.829. The number of nitrogens with zero attached hydrogens (tertiary/aromatic N) is 1. The Kier molecular flexibility index (Phi) is 7.40. The lowest BCUT2D eigenvalue weighted by molar-refractivity contribution is -0.145. The number of aliphatic hydroxyl groups excluding tert-OH is 1. The second-order valence-electron chi connectivity index (χ2n) is 2.48. The van der Waals surface area contributed by atoms with Gasteiger partial charge < -0.3 is 15.2 Å². The molecule has 0 spiro atoms. The van der Waals surface area contributed by atoms with Crippen LogP contribution in [0.4, 0.5) is 0 Å². The Morgan fingerprint density at radius 2 is 2.33 bits per heavy atom. The lowest BCUT2D eigenvalue weighted by atomic mass is 10.3. The van der Waals surface area contributed by atoms with Gasteiger partial charge in [-0.05, 0) is 0 Å². The van der Waals surface area contributed by atoms with Crippen LogP contribution >= 0.6 is 11.8 Å². The molecule has 0 saturated heterocycles. The first-order chi connectivity index (χ1) is 7.15. The van der Waals surface area contributed by atoms with E-state index in [9.17, 15) is 9.59 Å². The molecule has 0 rings (SSSR count). The number of hydrogen-bond acceptors (Lipinski definition) is 6. The van der Waals surface area contributed by atoms with Crippen molar-refractivity contribution in [3.63, 3.8) is 0 Å². The average molecular weight is 232 g/mol. The van der Waals surface area contributed by atoms with E-state index in [2.05, 4.69) is 10.1 Å². The minimum Gasteiger partial charge on any atom is -0.467 e. The lowest BCUT2D eigenvalue weighted by Gasteiger charge is -2.13. The predicted octanol–water partition coefficient (Wildman–Crippen LogP) is -1.11. The number of aliphatic hydroxyl groups is 1. The molecule has 0 aliphatic heterocycles. The number of carbonyl (C=O) groups excluding carboxylic acids is 2. The van der Waals surface area contributed by atoms with Crippen LogP contribution in [-0.2, 0) is 14.3 Å². The van der Waals surface area contributed by atoms with Gasteiger partial charge in [0.05, 0.1) is 31.3 Å². The van der Waals surface area contributed by atoms with Crippen molar-refractivity contribution in [2.75, 3.05) is 25.2 Å². The number of hydrogen-bond donors (Lipinski definition) is 2. The smallest absolute Gasteiger partial charge is 0.330 e. The second-order valence-corrected chi connectivity index (χ2v) is 3.46. The van der Waals surface area contributed by atoms with Gasteiger partial charge in [-0.2, -0.15) is 5.26 Å². The monoisotopic (exact) mass is 232 g/mol. The van der Waals surface area contributed by atoms with E-state index >= 15 is 0 Å². The zero-order valence-corrected chi connectivity index (χ0v) is 9.04. The number of amides is 1. The standard InChI is InChI=1S/C8H12N2O4S/c1-14-8(13)6(4-11)10-7(12)5-15-3-2-9/h6,11H,3-5H2,1H3,(H,10,12).